The van der Waals surface area contributed by atoms with Gasteiger partial charge in [0.15, 0.2) is 0 Å². The molecule has 0 spiro atoms. The zero-order valence-corrected chi connectivity index (χ0v) is 26.9. The van der Waals surface area contributed by atoms with Gasteiger partial charge in [-0.2, -0.15) is 0 Å². The van der Waals surface area contributed by atoms with E-state index in [1.807, 2.05) is 31.1 Å². The molecule has 234 valence electrons. The monoisotopic (exact) mass is 596 g/mol. The number of pyridine rings is 1. The number of aromatic amines is 2. The molecule has 2 aliphatic heterocycles. The van der Waals surface area contributed by atoms with Crippen LogP contribution in [-0.2, 0) is 9.59 Å². The van der Waals surface area contributed by atoms with Crippen LogP contribution in [0.4, 0.5) is 0 Å². The third-order valence-electron chi connectivity index (χ3n) is 10.0. The number of carbonyl (C=O) groups excluding carboxylic acids is 2. The van der Waals surface area contributed by atoms with Gasteiger partial charge in [0.1, 0.15) is 5.65 Å². The van der Waals surface area contributed by atoms with E-state index in [-0.39, 0.29) is 11.8 Å². The lowest BCUT2D eigenvalue weighted by molar-refractivity contribution is -0.134. The fourth-order valence-electron chi connectivity index (χ4n) is 7.64. The van der Waals surface area contributed by atoms with Gasteiger partial charge in [0.25, 0.3) is 0 Å². The lowest BCUT2D eigenvalue weighted by Crippen LogP contribution is -2.47. The first-order valence-corrected chi connectivity index (χ1v) is 16.7. The van der Waals surface area contributed by atoms with Crippen molar-refractivity contribution >= 4 is 33.8 Å². The third kappa shape index (κ3) is 6.14. The minimum atomic E-state index is 0.236. The van der Waals surface area contributed by atoms with Crippen LogP contribution in [0.15, 0.2) is 42.7 Å². The summed E-state index contributed by atoms with van der Waals surface area (Å²) in [5.74, 6) is 1.65. The summed E-state index contributed by atoms with van der Waals surface area (Å²) in [6, 6.07) is 11.1. The Morgan fingerprint density at radius 2 is 1.82 bits per heavy atom. The molecule has 4 aromatic rings. The van der Waals surface area contributed by atoms with E-state index in [0.29, 0.717) is 30.7 Å². The number of fused-ring (bicyclic) bond motifs is 2. The second-order valence-corrected chi connectivity index (χ2v) is 13.1. The average molecular weight is 597 g/mol. The van der Waals surface area contributed by atoms with Gasteiger partial charge in [0.05, 0.1) is 12.2 Å². The van der Waals surface area contributed by atoms with Crippen molar-refractivity contribution in [1.82, 2.24) is 29.7 Å². The van der Waals surface area contributed by atoms with Crippen molar-refractivity contribution in [3.8, 4) is 11.3 Å². The summed E-state index contributed by atoms with van der Waals surface area (Å²) in [4.78, 5) is 43.7. The fraction of sp³-hybridized carbons (Fsp3) is 0.528. The van der Waals surface area contributed by atoms with Crippen molar-refractivity contribution in [2.75, 3.05) is 45.8 Å². The van der Waals surface area contributed by atoms with Gasteiger partial charge in [0.2, 0.25) is 11.8 Å². The molecule has 2 saturated heterocycles. The summed E-state index contributed by atoms with van der Waals surface area (Å²) >= 11 is 0. The Labute approximate surface area is 261 Å². The van der Waals surface area contributed by atoms with Crippen LogP contribution in [0.25, 0.3) is 33.2 Å². The summed E-state index contributed by atoms with van der Waals surface area (Å²) in [5, 5.41) is 2.43. The zero-order valence-electron chi connectivity index (χ0n) is 26.9. The molecule has 8 nitrogen and oxygen atoms in total. The van der Waals surface area contributed by atoms with Gasteiger partial charge in [-0.1, -0.05) is 19.9 Å². The molecule has 1 atom stereocenters. The summed E-state index contributed by atoms with van der Waals surface area (Å²) in [7, 11) is 0. The Morgan fingerprint density at radius 1 is 1.02 bits per heavy atom. The highest BCUT2D eigenvalue weighted by atomic mass is 16.2. The number of rotatable bonds is 9. The summed E-state index contributed by atoms with van der Waals surface area (Å²) in [5.41, 5.74) is 7.15. The van der Waals surface area contributed by atoms with E-state index in [4.69, 9.17) is 0 Å². The predicted molar refractivity (Wildman–Crippen MR) is 178 cm³/mol. The Bertz CT molecular complexity index is 1610. The van der Waals surface area contributed by atoms with Crippen molar-refractivity contribution in [1.29, 1.82) is 0 Å². The molecule has 44 heavy (non-hydrogen) atoms. The smallest absolute Gasteiger partial charge is 0.236 e. The zero-order chi connectivity index (χ0) is 30.8. The number of H-pyrrole nitrogens is 2. The number of nitrogens with one attached hydrogen (secondary N) is 2. The first kappa shape index (κ1) is 30.4. The number of nitrogens with zero attached hydrogens (tertiary/aromatic N) is 4. The standard InChI is InChI=1S/C36H48N6O2/c1-5-41(6-2)32(43)20-25-8-7-17-40(22-25)23-33(44)42-18-13-26(14-19-42)27-9-10-31-30(21-27)34(24(3)4)35(39-31)28-11-15-37-36-29(28)12-16-38-36/h9-12,15-16,21,24-26,39H,5-8,13-14,17-20,22-23H2,1-4H3,(H,37,38). The predicted octanol–water partition coefficient (Wildman–Crippen LogP) is 6.51. The molecule has 3 aromatic heterocycles. The van der Waals surface area contributed by atoms with Crippen molar-refractivity contribution < 1.29 is 9.59 Å². The number of hydrogen-bond acceptors (Lipinski definition) is 4. The molecule has 0 saturated carbocycles. The molecule has 1 unspecified atom stereocenters. The van der Waals surface area contributed by atoms with E-state index >= 15 is 0 Å². The van der Waals surface area contributed by atoms with Gasteiger partial charge in [0, 0.05) is 73.4 Å². The number of amides is 2. The van der Waals surface area contributed by atoms with Crippen LogP contribution in [0.1, 0.15) is 82.8 Å². The van der Waals surface area contributed by atoms with Crippen molar-refractivity contribution in [3.63, 3.8) is 0 Å². The fourth-order valence-corrected chi connectivity index (χ4v) is 7.64. The van der Waals surface area contributed by atoms with Gasteiger partial charge in [-0.15, -0.1) is 0 Å². The molecule has 1 aromatic carbocycles. The van der Waals surface area contributed by atoms with E-state index in [2.05, 4.69) is 68.9 Å². The third-order valence-corrected chi connectivity index (χ3v) is 10.0. The van der Waals surface area contributed by atoms with Crippen LogP contribution >= 0.6 is 0 Å². The van der Waals surface area contributed by atoms with Gasteiger partial charge < -0.3 is 19.8 Å². The molecule has 2 N–H and O–H groups in total. The number of hydrogen-bond donors (Lipinski definition) is 2. The lowest BCUT2D eigenvalue weighted by Gasteiger charge is -2.36. The molecule has 2 amide bonds. The number of likely N-dealkylation sites (tertiary alicyclic amines) is 2. The quantitative estimate of drug-likeness (QED) is 0.231. The highest BCUT2D eigenvalue weighted by Crippen LogP contribution is 2.40. The van der Waals surface area contributed by atoms with E-state index in [1.165, 1.54) is 33.3 Å². The van der Waals surface area contributed by atoms with E-state index in [1.54, 1.807) is 0 Å². The molecule has 0 bridgehead atoms. The minimum Gasteiger partial charge on any atom is -0.354 e. The molecule has 5 heterocycles. The lowest BCUT2D eigenvalue weighted by atomic mass is 9.87. The van der Waals surface area contributed by atoms with Crippen molar-refractivity contribution in [2.24, 2.45) is 5.92 Å². The normalized spacial score (nSPS) is 18.5. The van der Waals surface area contributed by atoms with Crippen LogP contribution in [-0.4, -0.2) is 87.3 Å². The van der Waals surface area contributed by atoms with Crippen molar-refractivity contribution in [3.05, 3.63) is 53.9 Å². The van der Waals surface area contributed by atoms with Crippen LogP contribution in [0.5, 0.6) is 0 Å². The maximum absolute atomic E-state index is 13.3. The van der Waals surface area contributed by atoms with Gasteiger partial charge in [-0.05, 0) is 99.2 Å². The average Bonchev–Trinajstić information content (AvgIpc) is 3.66. The van der Waals surface area contributed by atoms with Gasteiger partial charge >= 0.3 is 0 Å². The first-order chi connectivity index (χ1) is 21.4. The largest absolute Gasteiger partial charge is 0.354 e. The topological polar surface area (TPSA) is 88.3 Å². The van der Waals surface area contributed by atoms with Crippen LogP contribution in [0.2, 0.25) is 0 Å². The van der Waals surface area contributed by atoms with Crippen LogP contribution in [0, 0.1) is 5.92 Å². The molecule has 0 radical (unpaired) electrons. The Morgan fingerprint density at radius 3 is 2.57 bits per heavy atom. The Kier molecular flexibility index (Phi) is 9.08. The molecular weight excluding hydrogens is 548 g/mol. The van der Waals surface area contributed by atoms with E-state index in [0.717, 1.165) is 76.0 Å². The van der Waals surface area contributed by atoms with Crippen LogP contribution in [0.3, 0.4) is 0 Å². The second kappa shape index (κ2) is 13.1. The molecule has 6 rings (SSSR count). The van der Waals surface area contributed by atoms with Gasteiger partial charge in [-0.3, -0.25) is 14.5 Å². The molecule has 2 aliphatic rings. The summed E-state index contributed by atoms with van der Waals surface area (Å²) in [6.45, 7) is 14.0. The molecular formula is C36H48N6O2. The Hall–Kier alpha value is -3.65. The highest BCUT2D eigenvalue weighted by molar-refractivity contribution is 5.99. The molecule has 8 heteroatoms. The maximum atomic E-state index is 13.3. The first-order valence-electron chi connectivity index (χ1n) is 16.7. The van der Waals surface area contributed by atoms with E-state index in [9.17, 15) is 9.59 Å². The second-order valence-electron chi connectivity index (χ2n) is 13.1. The van der Waals surface area contributed by atoms with Gasteiger partial charge in [-0.25, -0.2) is 4.98 Å². The molecule has 2 fully saturated rings. The number of benzene rings is 1. The van der Waals surface area contributed by atoms with Crippen LogP contribution < -0.4 is 0 Å². The van der Waals surface area contributed by atoms with Crippen molar-refractivity contribution in [2.45, 2.75) is 71.6 Å². The maximum Gasteiger partial charge on any atom is 0.236 e. The summed E-state index contributed by atoms with van der Waals surface area (Å²) in [6.07, 6.45) is 8.54. The SMILES string of the molecule is CCN(CC)C(=O)CC1CCCN(CC(=O)N2CCC(c3ccc4[nH]c(-c5ccnc6[nH]ccc56)c(C(C)C)c4c3)CC2)C1. The number of piperidine rings is 2. The van der Waals surface area contributed by atoms with E-state index < -0.39 is 0 Å². The highest BCUT2D eigenvalue weighted by Gasteiger charge is 2.29. The minimum absolute atomic E-state index is 0.236. The number of carbonyl (C=O) groups is 2. The number of aromatic nitrogens is 3. The summed E-state index contributed by atoms with van der Waals surface area (Å²) < 4.78 is 0. The molecule has 0 aliphatic carbocycles. The Balaban J connectivity index is 1.10.